The zero-order valence-corrected chi connectivity index (χ0v) is 6.69. The molecular weight excluding hydrogens is 148 g/mol. The first-order chi connectivity index (χ1) is 4.74. The van der Waals surface area contributed by atoms with E-state index in [0.29, 0.717) is 11.7 Å². The average Bonchev–Trinajstić information content (AvgIpc) is 1.94. The minimum absolute atomic E-state index is 0.241. The van der Waals surface area contributed by atoms with E-state index in [-0.39, 0.29) is 6.10 Å². The fraction of sp³-hybridized carbons (Fsp3) is 0.714. The lowest BCUT2D eigenvalue weighted by atomic mass is 10.0. The summed E-state index contributed by atoms with van der Waals surface area (Å²) in [6.07, 6.45) is 5.81. The summed E-state index contributed by atoms with van der Waals surface area (Å²) in [4.78, 5) is 0. The minimum atomic E-state index is -1.13. The maximum absolute atomic E-state index is 10.8. The van der Waals surface area contributed by atoms with E-state index >= 15 is 0 Å². The number of hydrogen-bond donors (Lipinski definition) is 0. The van der Waals surface area contributed by atoms with E-state index in [1.807, 2.05) is 6.92 Å². The Labute approximate surface area is 63.6 Å². The largest absolute Gasteiger partial charge is 0.274 e. The van der Waals surface area contributed by atoms with Crippen LogP contribution in [-0.2, 0) is 15.3 Å². The highest BCUT2D eigenvalue weighted by Crippen LogP contribution is 2.18. The quantitative estimate of drug-likeness (QED) is 0.485. The summed E-state index contributed by atoms with van der Waals surface area (Å²) in [6.45, 7) is 2.01. The summed E-state index contributed by atoms with van der Waals surface area (Å²) in [5.74, 6) is 3.44. The molecule has 0 aromatic heterocycles. The van der Waals surface area contributed by atoms with Gasteiger partial charge in [-0.3, -0.25) is 4.18 Å². The van der Waals surface area contributed by atoms with Gasteiger partial charge in [-0.25, -0.2) is 4.21 Å². The molecule has 1 aliphatic heterocycles. The molecule has 1 rings (SSSR count). The molecule has 3 heteroatoms. The third-order valence-electron chi connectivity index (χ3n) is 1.63. The van der Waals surface area contributed by atoms with E-state index in [4.69, 9.17) is 10.6 Å². The van der Waals surface area contributed by atoms with Crippen molar-refractivity contribution in [1.29, 1.82) is 0 Å². The average molecular weight is 158 g/mol. The number of rotatable bonds is 0. The van der Waals surface area contributed by atoms with Gasteiger partial charge in [0.05, 0.1) is 0 Å². The topological polar surface area (TPSA) is 26.3 Å². The van der Waals surface area contributed by atoms with Crippen LogP contribution in [0.2, 0.25) is 0 Å². The molecule has 0 bridgehead atoms. The predicted molar refractivity (Wildman–Crippen MR) is 40.5 cm³/mol. The van der Waals surface area contributed by atoms with Crippen LogP contribution >= 0.6 is 0 Å². The second-order valence-corrected chi connectivity index (χ2v) is 3.67. The van der Waals surface area contributed by atoms with Gasteiger partial charge in [0.15, 0.2) is 11.1 Å². The van der Waals surface area contributed by atoms with E-state index in [1.165, 1.54) is 0 Å². The number of hydrogen-bond acceptors (Lipinski definition) is 2. The Balaban J connectivity index is 2.56. The maximum Gasteiger partial charge on any atom is 0.156 e. The van der Waals surface area contributed by atoms with Crippen molar-refractivity contribution in [3.05, 3.63) is 0 Å². The molecule has 3 atom stereocenters. The van der Waals surface area contributed by atoms with Gasteiger partial charge in [0.1, 0.15) is 6.10 Å². The van der Waals surface area contributed by atoms with Crippen LogP contribution in [0.1, 0.15) is 13.3 Å². The van der Waals surface area contributed by atoms with Crippen LogP contribution in [0.5, 0.6) is 0 Å². The molecule has 0 radical (unpaired) electrons. The van der Waals surface area contributed by atoms with Crippen molar-refractivity contribution in [3.63, 3.8) is 0 Å². The fourth-order valence-electron chi connectivity index (χ4n) is 0.884. The standard InChI is InChI=1S/C7H10O2S/c1-3-7-6(2)4-5-10(8)9-7/h1,6-7H,4-5H2,2H3. The molecule has 1 aliphatic rings. The molecule has 10 heavy (non-hydrogen) atoms. The molecule has 1 fully saturated rings. The second-order valence-electron chi connectivity index (χ2n) is 2.46. The Kier molecular flexibility index (Phi) is 2.47. The highest BCUT2D eigenvalue weighted by molar-refractivity contribution is 7.80. The summed E-state index contributed by atoms with van der Waals surface area (Å²) in [5.41, 5.74) is 0. The predicted octanol–water partition coefficient (Wildman–Crippen LogP) is 0.708. The van der Waals surface area contributed by atoms with Gasteiger partial charge >= 0.3 is 0 Å². The van der Waals surface area contributed by atoms with Gasteiger partial charge in [-0.2, -0.15) is 0 Å². The van der Waals surface area contributed by atoms with Crippen molar-refractivity contribution < 1.29 is 8.39 Å². The van der Waals surface area contributed by atoms with Crippen molar-refractivity contribution >= 4 is 11.1 Å². The molecule has 56 valence electrons. The Hall–Kier alpha value is -0.330. The van der Waals surface area contributed by atoms with Gasteiger partial charge < -0.3 is 0 Å². The molecule has 0 aromatic rings. The van der Waals surface area contributed by atoms with Gasteiger partial charge in [-0.05, 0) is 12.3 Å². The maximum atomic E-state index is 10.8. The Morgan fingerprint density at radius 3 is 3.00 bits per heavy atom. The van der Waals surface area contributed by atoms with Crippen molar-refractivity contribution in [2.75, 3.05) is 5.75 Å². The normalized spacial score (nSPS) is 40.6. The summed E-state index contributed by atoms with van der Waals surface area (Å²) in [6, 6.07) is 0. The second kappa shape index (κ2) is 3.18. The molecule has 3 unspecified atom stereocenters. The molecule has 0 saturated carbocycles. The van der Waals surface area contributed by atoms with Crippen LogP contribution in [0.15, 0.2) is 0 Å². The summed E-state index contributed by atoms with van der Waals surface area (Å²) < 4.78 is 15.8. The lowest BCUT2D eigenvalue weighted by molar-refractivity contribution is 0.197. The highest BCUT2D eigenvalue weighted by Gasteiger charge is 2.24. The smallest absolute Gasteiger partial charge is 0.156 e. The monoisotopic (exact) mass is 158 g/mol. The van der Waals surface area contributed by atoms with Gasteiger partial charge in [-0.15, -0.1) is 6.42 Å². The first-order valence-electron chi connectivity index (χ1n) is 3.25. The zero-order chi connectivity index (χ0) is 7.56. The van der Waals surface area contributed by atoms with Crippen molar-refractivity contribution in [3.8, 4) is 12.3 Å². The third kappa shape index (κ3) is 1.59. The van der Waals surface area contributed by atoms with Crippen LogP contribution in [0, 0.1) is 18.3 Å². The SMILES string of the molecule is C#CC1OS(=O)CCC1C. The van der Waals surface area contributed by atoms with Gasteiger partial charge in [0.25, 0.3) is 0 Å². The molecule has 0 aromatic carbocycles. The molecule has 2 nitrogen and oxygen atoms in total. The molecule has 0 amide bonds. The van der Waals surface area contributed by atoms with Gasteiger partial charge in [0, 0.05) is 5.75 Å². The minimum Gasteiger partial charge on any atom is -0.274 e. The van der Waals surface area contributed by atoms with Crippen molar-refractivity contribution in [1.82, 2.24) is 0 Å². The molecule has 1 saturated heterocycles. The van der Waals surface area contributed by atoms with Gasteiger partial charge in [-0.1, -0.05) is 12.8 Å². The molecular formula is C7H10O2S. The van der Waals surface area contributed by atoms with Crippen LogP contribution in [0.4, 0.5) is 0 Å². The van der Waals surface area contributed by atoms with Crippen LogP contribution in [0.25, 0.3) is 0 Å². The van der Waals surface area contributed by atoms with Crippen LogP contribution in [-0.4, -0.2) is 16.1 Å². The molecule has 0 spiro atoms. The van der Waals surface area contributed by atoms with E-state index in [0.717, 1.165) is 6.42 Å². The third-order valence-corrected chi connectivity index (χ3v) is 2.62. The lowest BCUT2D eigenvalue weighted by Gasteiger charge is -2.23. The van der Waals surface area contributed by atoms with E-state index < -0.39 is 11.1 Å². The van der Waals surface area contributed by atoms with E-state index in [1.54, 1.807) is 0 Å². The molecule has 0 N–H and O–H groups in total. The number of terminal acetylenes is 1. The van der Waals surface area contributed by atoms with Crippen molar-refractivity contribution in [2.24, 2.45) is 5.92 Å². The Morgan fingerprint density at radius 1 is 1.80 bits per heavy atom. The van der Waals surface area contributed by atoms with E-state index in [2.05, 4.69) is 5.92 Å². The van der Waals surface area contributed by atoms with Gasteiger partial charge in [0.2, 0.25) is 0 Å². The Morgan fingerprint density at radius 2 is 2.50 bits per heavy atom. The molecule has 1 heterocycles. The first kappa shape index (κ1) is 7.77. The van der Waals surface area contributed by atoms with E-state index in [9.17, 15) is 4.21 Å². The highest BCUT2D eigenvalue weighted by atomic mass is 32.2. The lowest BCUT2D eigenvalue weighted by Crippen LogP contribution is -2.28. The summed E-state index contributed by atoms with van der Waals surface area (Å²) in [7, 11) is 0. The van der Waals surface area contributed by atoms with Crippen LogP contribution < -0.4 is 0 Å². The zero-order valence-electron chi connectivity index (χ0n) is 5.87. The fourth-order valence-corrected chi connectivity index (χ4v) is 2.02. The summed E-state index contributed by atoms with van der Waals surface area (Å²) >= 11 is -1.13. The Bertz CT molecular complexity index is 183. The molecule has 0 aliphatic carbocycles. The van der Waals surface area contributed by atoms with Crippen LogP contribution in [0.3, 0.4) is 0 Å². The summed E-state index contributed by atoms with van der Waals surface area (Å²) in [5, 5.41) is 0. The van der Waals surface area contributed by atoms with Crippen molar-refractivity contribution in [2.45, 2.75) is 19.4 Å². The first-order valence-corrected chi connectivity index (χ1v) is 4.50.